The van der Waals surface area contributed by atoms with Crippen molar-refractivity contribution < 1.29 is 26.5 Å². The molecule has 2 aromatic heterocycles. The lowest BCUT2D eigenvalue weighted by Crippen LogP contribution is -2.43. The van der Waals surface area contributed by atoms with Gasteiger partial charge in [0.25, 0.3) is 10.1 Å². The van der Waals surface area contributed by atoms with Gasteiger partial charge in [0, 0.05) is 42.0 Å². The zero-order valence-corrected chi connectivity index (χ0v) is 20.2. The fraction of sp³-hybridized carbons (Fsp3) is 0.231. The molecule has 0 saturated heterocycles. The summed E-state index contributed by atoms with van der Waals surface area (Å²) in [6.45, 7) is 2.70. The van der Waals surface area contributed by atoms with Gasteiger partial charge in [-0.05, 0) is 42.3 Å². The Morgan fingerprint density at radius 2 is 1.92 bits per heavy atom. The quantitative estimate of drug-likeness (QED) is 0.404. The summed E-state index contributed by atoms with van der Waals surface area (Å²) >= 11 is 0. The molecule has 1 unspecified atom stereocenters. The number of pyridine rings is 1. The number of fused-ring (bicyclic) bond motifs is 2. The molecule has 0 aliphatic carbocycles. The third-order valence-electron chi connectivity index (χ3n) is 6.57. The van der Waals surface area contributed by atoms with E-state index < -0.39 is 27.8 Å². The van der Waals surface area contributed by atoms with E-state index in [-0.39, 0.29) is 28.3 Å². The molecule has 2 aromatic carbocycles. The minimum absolute atomic E-state index is 0.0775. The van der Waals surface area contributed by atoms with Crippen LogP contribution in [0.4, 0.5) is 8.78 Å². The monoisotopic (exact) mass is 511 g/mol. The number of para-hydroxylation sites is 1. The number of rotatable bonds is 5. The second kappa shape index (κ2) is 9.11. The topological polar surface area (TPSA) is 92.5 Å². The number of nitrogens with zero attached hydrogens (tertiary/aromatic N) is 3. The summed E-state index contributed by atoms with van der Waals surface area (Å²) in [4.78, 5) is 19.4. The van der Waals surface area contributed by atoms with Gasteiger partial charge in [0.15, 0.2) is 0 Å². The Kier molecular flexibility index (Phi) is 6.09. The fourth-order valence-electron chi connectivity index (χ4n) is 4.87. The SMILES string of the molecule is CCc1cc2cccc(S(=O)(=O)O)c2nc1CC(=O)N1CCn2cccc2C1c1ccc(F)cc1F. The standard InChI is InChI=1S/C26H23F2N3O4S/c1-2-16-13-17-5-3-7-23(36(33,34)35)25(17)29-21(16)15-24(32)31-12-11-30-10-4-6-22(30)26(31)19-9-8-18(27)14-20(19)28/h3-10,13-14,26H,2,11-12,15H2,1H3,(H,33,34,35). The summed E-state index contributed by atoms with van der Waals surface area (Å²) in [5, 5.41) is 0.528. The molecule has 1 atom stereocenters. The molecule has 186 valence electrons. The van der Waals surface area contributed by atoms with Crippen LogP contribution in [0.1, 0.15) is 35.5 Å². The van der Waals surface area contributed by atoms with Crippen LogP contribution >= 0.6 is 0 Å². The van der Waals surface area contributed by atoms with Crippen molar-refractivity contribution in [2.24, 2.45) is 0 Å². The number of benzene rings is 2. The highest BCUT2D eigenvalue weighted by Crippen LogP contribution is 2.35. The Bertz CT molecular complexity index is 1600. The van der Waals surface area contributed by atoms with Crippen LogP contribution in [0.3, 0.4) is 0 Å². The molecule has 7 nitrogen and oxygen atoms in total. The summed E-state index contributed by atoms with van der Waals surface area (Å²) in [5.74, 6) is -1.78. The molecule has 0 spiro atoms. The van der Waals surface area contributed by atoms with Gasteiger partial charge in [-0.1, -0.05) is 25.1 Å². The molecule has 3 heterocycles. The third kappa shape index (κ3) is 4.27. The van der Waals surface area contributed by atoms with Gasteiger partial charge in [-0.25, -0.2) is 8.78 Å². The van der Waals surface area contributed by atoms with E-state index in [9.17, 15) is 26.5 Å². The molecule has 10 heteroatoms. The number of carbonyl (C=O) groups is 1. The van der Waals surface area contributed by atoms with Gasteiger partial charge in [0.2, 0.25) is 5.91 Å². The average Bonchev–Trinajstić information content (AvgIpc) is 3.31. The summed E-state index contributed by atoms with van der Waals surface area (Å²) in [6, 6.07) is 12.4. The second-order valence-corrected chi connectivity index (χ2v) is 10.1. The number of carbonyl (C=O) groups excluding carboxylic acids is 1. The third-order valence-corrected chi connectivity index (χ3v) is 7.46. The lowest BCUT2D eigenvalue weighted by atomic mass is 9.98. The molecule has 0 bridgehead atoms. The Morgan fingerprint density at radius 3 is 2.64 bits per heavy atom. The summed E-state index contributed by atoms with van der Waals surface area (Å²) in [6.07, 6.45) is 2.24. The number of amides is 1. The Morgan fingerprint density at radius 1 is 1.11 bits per heavy atom. The number of hydrogen-bond acceptors (Lipinski definition) is 4. The van der Waals surface area contributed by atoms with E-state index in [1.54, 1.807) is 23.1 Å². The average molecular weight is 512 g/mol. The number of aryl methyl sites for hydroxylation is 1. The molecule has 1 N–H and O–H groups in total. The molecule has 4 aromatic rings. The Labute approximate surface area is 206 Å². The summed E-state index contributed by atoms with van der Waals surface area (Å²) < 4.78 is 63.9. The maximum absolute atomic E-state index is 14.9. The molecule has 1 aliphatic rings. The van der Waals surface area contributed by atoms with Gasteiger partial charge < -0.3 is 9.47 Å². The number of hydrogen-bond donors (Lipinski definition) is 1. The zero-order valence-electron chi connectivity index (χ0n) is 19.4. The van der Waals surface area contributed by atoms with Gasteiger partial charge in [0.05, 0.1) is 17.6 Å². The number of halogens is 2. The van der Waals surface area contributed by atoms with Crippen LogP contribution < -0.4 is 0 Å². The minimum Gasteiger partial charge on any atom is -0.348 e. The van der Waals surface area contributed by atoms with Crippen LogP contribution in [0.15, 0.2) is 65.7 Å². The van der Waals surface area contributed by atoms with E-state index in [1.807, 2.05) is 23.8 Å². The van der Waals surface area contributed by atoms with Crippen molar-refractivity contribution in [2.45, 2.75) is 37.2 Å². The van der Waals surface area contributed by atoms with Crippen molar-refractivity contribution in [3.63, 3.8) is 0 Å². The van der Waals surface area contributed by atoms with Crippen molar-refractivity contribution in [1.29, 1.82) is 0 Å². The molecule has 1 amide bonds. The van der Waals surface area contributed by atoms with Crippen LogP contribution in [0.2, 0.25) is 0 Å². The van der Waals surface area contributed by atoms with Crippen LogP contribution in [0.5, 0.6) is 0 Å². The smallest absolute Gasteiger partial charge is 0.296 e. The Balaban J connectivity index is 1.57. The van der Waals surface area contributed by atoms with Crippen molar-refractivity contribution in [1.82, 2.24) is 14.5 Å². The largest absolute Gasteiger partial charge is 0.348 e. The highest BCUT2D eigenvalue weighted by molar-refractivity contribution is 7.86. The normalized spacial score (nSPS) is 15.8. The highest BCUT2D eigenvalue weighted by Gasteiger charge is 2.34. The van der Waals surface area contributed by atoms with Crippen molar-refractivity contribution in [3.05, 3.63) is 94.9 Å². The van der Waals surface area contributed by atoms with E-state index in [2.05, 4.69) is 4.98 Å². The molecule has 0 fully saturated rings. The molecule has 5 rings (SSSR count). The molecule has 0 radical (unpaired) electrons. The van der Waals surface area contributed by atoms with Crippen LogP contribution in [-0.4, -0.2) is 39.9 Å². The van der Waals surface area contributed by atoms with E-state index in [0.717, 1.165) is 11.6 Å². The molecule has 0 saturated carbocycles. The Hall–Kier alpha value is -3.63. The van der Waals surface area contributed by atoms with E-state index in [4.69, 9.17) is 0 Å². The predicted octanol–water partition coefficient (Wildman–Crippen LogP) is 4.30. The van der Waals surface area contributed by atoms with Gasteiger partial charge in [-0.15, -0.1) is 0 Å². The lowest BCUT2D eigenvalue weighted by Gasteiger charge is -2.37. The maximum Gasteiger partial charge on any atom is 0.296 e. The lowest BCUT2D eigenvalue weighted by molar-refractivity contribution is -0.133. The first-order valence-electron chi connectivity index (χ1n) is 11.5. The number of aromatic nitrogens is 2. The molecule has 1 aliphatic heterocycles. The van der Waals surface area contributed by atoms with Gasteiger partial charge >= 0.3 is 0 Å². The van der Waals surface area contributed by atoms with E-state index in [0.29, 0.717) is 36.3 Å². The van der Waals surface area contributed by atoms with Gasteiger partial charge in [-0.2, -0.15) is 8.42 Å². The first kappa shape index (κ1) is 24.1. The highest BCUT2D eigenvalue weighted by atomic mass is 32.2. The summed E-state index contributed by atoms with van der Waals surface area (Å²) in [5.41, 5.74) is 2.10. The minimum atomic E-state index is -4.53. The van der Waals surface area contributed by atoms with Crippen LogP contribution in [0, 0.1) is 11.6 Å². The van der Waals surface area contributed by atoms with Crippen molar-refractivity contribution in [3.8, 4) is 0 Å². The second-order valence-electron chi connectivity index (χ2n) is 8.71. The van der Waals surface area contributed by atoms with Crippen molar-refractivity contribution in [2.75, 3.05) is 6.54 Å². The van der Waals surface area contributed by atoms with Crippen molar-refractivity contribution >= 4 is 26.9 Å². The van der Waals surface area contributed by atoms with Crippen LogP contribution in [-0.2, 0) is 34.3 Å². The first-order valence-corrected chi connectivity index (χ1v) is 12.9. The van der Waals surface area contributed by atoms with E-state index >= 15 is 0 Å². The fourth-order valence-corrected chi connectivity index (χ4v) is 5.53. The van der Waals surface area contributed by atoms with Crippen LogP contribution in [0.25, 0.3) is 10.9 Å². The molecule has 36 heavy (non-hydrogen) atoms. The molecular weight excluding hydrogens is 488 g/mol. The van der Waals surface area contributed by atoms with E-state index in [1.165, 1.54) is 24.3 Å². The first-order chi connectivity index (χ1) is 17.2. The predicted molar refractivity (Wildman–Crippen MR) is 129 cm³/mol. The zero-order chi connectivity index (χ0) is 25.6. The van der Waals surface area contributed by atoms with Gasteiger partial charge in [0.1, 0.15) is 22.6 Å². The summed E-state index contributed by atoms with van der Waals surface area (Å²) in [7, 11) is -4.53. The van der Waals surface area contributed by atoms with Gasteiger partial charge in [-0.3, -0.25) is 14.3 Å². The maximum atomic E-state index is 14.9. The molecular formula is C26H23F2N3O4S.